The monoisotopic (exact) mass is 700 g/mol. The molecule has 0 amide bonds. The first kappa shape index (κ1) is 34.8. The molecule has 236 valence electrons. The Labute approximate surface area is 280 Å². The number of benzene rings is 4. The fourth-order valence-corrected chi connectivity index (χ4v) is 12.7. The van der Waals surface area contributed by atoms with Crippen LogP contribution in [-0.2, 0) is 14.3 Å². The molecule has 45 heavy (non-hydrogen) atoms. The molecule has 0 aliphatic carbocycles. The van der Waals surface area contributed by atoms with Crippen LogP contribution in [0.15, 0.2) is 148 Å². The molecule has 0 saturated carbocycles. The maximum absolute atomic E-state index is 13.7. The molecule has 0 saturated heterocycles. The van der Waals surface area contributed by atoms with E-state index in [1.165, 1.54) is 21.5 Å². The Hall–Kier alpha value is -3.03. The second kappa shape index (κ2) is 15.5. The van der Waals surface area contributed by atoms with Gasteiger partial charge in [-0.3, -0.25) is 0 Å². The summed E-state index contributed by atoms with van der Waals surface area (Å²) in [6.45, 7) is 11.7. The van der Waals surface area contributed by atoms with Gasteiger partial charge in [-0.25, -0.2) is 8.42 Å². The van der Waals surface area contributed by atoms with Gasteiger partial charge in [0, 0.05) is 4.47 Å². The maximum Gasteiger partial charge on any atom is 0.261 e. The number of rotatable bonds is 13. The average Bonchev–Trinajstić information content (AvgIpc) is 3.02. The van der Waals surface area contributed by atoms with Gasteiger partial charge in [0.2, 0.25) is 0 Å². The van der Waals surface area contributed by atoms with Crippen molar-refractivity contribution in [2.75, 3.05) is 6.61 Å². The summed E-state index contributed by atoms with van der Waals surface area (Å²) in [5.41, 5.74) is 3.16. The highest BCUT2D eigenvalue weighted by molar-refractivity contribution is 9.10. The van der Waals surface area contributed by atoms with Crippen LogP contribution in [0.4, 0.5) is 0 Å². The Bertz CT molecular complexity index is 1650. The number of hydrogen-bond acceptors (Lipinski definition) is 3. The van der Waals surface area contributed by atoms with Crippen molar-refractivity contribution < 1.29 is 12.8 Å². The van der Waals surface area contributed by atoms with Crippen molar-refractivity contribution in [3.63, 3.8) is 0 Å². The molecule has 6 heteroatoms. The first-order chi connectivity index (χ1) is 21.4. The Morgan fingerprint density at radius 1 is 0.778 bits per heavy atom. The third-order valence-electron chi connectivity index (χ3n) is 8.31. The van der Waals surface area contributed by atoms with Gasteiger partial charge in [-0.1, -0.05) is 151 Å². The van der Waals surface area contributed by atoms with Crippen molar-refractivity contribution >= 4 is 44.5 Å². The predicted molar refractivity (Wildman–Crippen MR) is 195 cm³/mol. The second-order valence-corrected chi connectivity index (χ2v) is 20.1. The number of sulfone groups is 1. The van der Waals surface area contributed by atoms with Crippen LogP contribution in [0.1, 0.15) is 64.7 Å². The van der Waals surface area contributed by atoms with Crippen LogP contribution in [0.5, 0.6) is 0 Å². The zero-order valence-corrected chi connectivity index (χ0v) is 30.4. The minimum absolute atomic E-state index is 0.0692. The van der Waals surface area contributed by atoms with Crippen molar-refractivity contribution in [1.82, 2.24) is 0 Å². The summed E-state index contributed by atoms with van der Waals surface area (Å²) in [5.74, 6) is 0. The summed E-state index contributed by atoms with van der Waals surface area (Å²) in [7, 11) is -6.16. The Morgan fingerprint density at radius 2 is 1.33 bits per heavy atom. The molecule has 0 aromatic heterocycles. The van der Waals surface area contributed by atoms with Gasteiger partial charge >= 0.3 is 0 Å². The lowest BCUT2D eigenvalue weighted by molar-refractivity contribution is 0.329. The Balaban J connectivity index is 1.48. The van der Waals surface area contributed by atoms with E-state index in [4.69, 9.17) is 4.43 Å². The topological polar surface area (TPSA) is 43.4 Å². The zero-order chi connectivity index (χ0) is 32.5. The fraction of sp³-hybridized carbons (Fsp3) is 0.282. The third kappa shape index (κ3) is 8.62. The minimum atomic E-state index is -3.57. The highest BCUT2D eigenvalue weighted by Crippen LogP contribution is 2.37. The van der Waals surface area contributed by atoms with Crippen molar-refractivity contribution in [3.05, 3.63) is 149 Å². The smallest absolute Gasteiger partial charge is 0.261 e. The van der Waals surface area contributed by atoms with E-state index in [9.17, 15) is 8.42 Å². The van der Waals surface area contributed by atoms with Gasteiger partial charge in [0.15, 0.2) is 9.84 Å². The minimum Gasteiger partial charge on any atom is -0.403 e. The molecule has 4 aromatic rings. The molecule has 0 aliphatic rings. The summed E-state index contributed by atoms with van der Waals surface area (Å²) >= 11 is 3.52. The molecule has 0 heterocycles. The third-order valence-corrected chi connectivity index (χ3v) is 15.9. The van der Waals surface area contributed by atoms with E-state index in [0.29, 0.717) is 17.9 Å². The molecule has 1 unspecified atom stereocenters. The largest absolute Gasteiger partial charge is 0.403 e. The molecule has 0 radical (unpaired) electrons. The summed E-state index contributed by atoms with van der Waals surface area (Å²) in [6, 6.07) is 37.8. The molecular formula is C39H45BrO3SSi. The fourth-order valence-electron chi connectivity index (χ4n) is 5.92. The summed E-state index contributed by atoms with van der Waals surface area (Å²) < 4.78 is 35.4. The quantitative estimate of drug-likeness (QED) is 0.103. The molecular weight excluding hydrogens is 656 g/mol. The number of hydrogen-bond donors (Lipinski definition) is 0. The molecule has 1 atom stereocenters. The molecule has 0 spiro atoms. The standard InChI is InChI=1S/C39H45BrO3SSi/c1-31(27-28-38(33-19-16-20-34(40)29-33)44(41,42)35-21-9-6-10-22-35)17-15-18-32(2)30-43-45(39(3,4)5,36-23-11-7-12-24-36)37-25-13-8-14-26-37/h6-14,16,18-27,29,38H,15,17,28,30H2,1-5H3. The molecule has 3 nitrogen and oxygen atoms in total. The van der Waals surface area contributed by atoms with Crippen LogP contribution >= 0.6 is 15.9 Å². The maximum atomic E-state index is 13.7. The van der Waals surface area contributed by atoms with Crippen LogP contribution in [0.25, 0.3) is 0 Å². The number of allylic oxidation sites excluding steroid dienone is 3. The first-order valence-corrected chi connectivity index (χ1v) is 19.8. The van der Waals surface area contributed by atoms with Gasteiger partial charge in [0.25, 0.3) is 8.32 Å². The van der Waals surface area contributed by atoms with Crippen molar-refractivity contribution in [3.8, 4) is 0 Å². The summed E-state index contributed by atoms with van der Waals surface area (Å²) in [6.07, 6.45) is 6.49. The molecule has 4 rings (SSSR count). The van der Waals surface area contributed by atoms with Gasteiger partial charge in [-0.05, 0) is 78.4 Å². The predicted octanol–water partition coefficient (Wildman–Crippen LogP) is 9.60. The molecule has 0 fully saturated rings. The molecule has 0 bridgehead atoms. The van der Waals surface area contributed by atoms with E-state index >= 15 is 0 Å². The van der Waals surface area contributed by atoms with Gasteiger partial charge in [0.1, 0.15) is 0 Å². The van der Waals surface area contributed by atoms with Crippen LogP contribution in [0.3, 0.4) is 0 Å². The lowest BCUT2D eigenvalue weighted by Crippen LogP contribution is -2.66. The number of halogens is 1. The van der Waals surface area contributed by atoms with E-state index in [1.807, 2.05) is 30.3 Å². The highest BCUT2D eigenvalue weighted by Gasteiger charge is 2.50. The second-order valence-electron chi connectivity index (χ2n) is 12.7. The van der Waals surface area contributed by atoms with E-state index in [1.54, 1.807) is 24.3 Å². The van der Waals surface area contributed by atoms with E-state index < -0.39 is 23.4 Å². The SMILES string of the molecule is CC(=CCC(c1cccc(Br)c1)S(=O)(=O)c1ccccc1)CCC=C(C)CO[Si](c1ccccc1)(c1ccccc1)C(C)(C)C. The van der Waals surface area contributed by atoms with Gasteiger partial charge < -0.3 is 4.43 Å². The zero-order valence-electron chi connectivity index (χ0n) is 27.0. The van der Waals surface area contributed by atoms with Crippen LogP contribution < -0.4 is 10.4 Å². The molecule has 4 aromatic carbocycles. The van der Waals surface area contributed by atoms with Crippen LogP contribution in [0, 0.1) is 0 Å². The normalized spacial score (nSPS) is 13.9. The first-order valence-electron chi connectivity index (χ1n) is 15.6. The Morgan fingerprint density at radius 3 is 1.87 bits per heavy atom. The molecule has 0 aliphatic heterocycles. The average molecular weight is 702 g/mol. The van der Waals surface area contributed by atoms with Crippen molar-refractivity contribution in [2.45, 2.75) is 69.1 Å². The van der Waals surface area contributed by atoms with Crippen LogP contribution in [0.2, 0.25) is 5.04 Å². The van der Waals surface area contributed by atoms with Crippen molar-refractivity contribution in [2.24, 2.45) is 0 Å². The Kier molecular flexibility index (Phi) is 12.0. The van der Waals surface area contributed by atoms with E-state index in [0.717, 1.165) is 22.9 Å². The van der Waals surface area contributed by atoms with Gasteiger partial charge in [-0.15, -0.1) is 0 Å². The lowest BCUT2D eigenvalue weighted by Gasteiger charge is -2.43. The summed E-state index contributed by atoms with van der Waals surface area (Å²) in [5, 5.41) is 1.83. The van der Waals surface area contributed by atoms with Crippen LogP contribution in [-0.4, -0.2) is 23.3 Å². The molecule has 0 N–H and O–H groups in total. The lowest BCUT2D eigenvalue weighted by atomic mass is 10.1. The van der Waals surface area contributed by atoms with Gasteiger partial charge in [-0.2, -0.15) is 0 Å². The summed E-state index contributed by atoms with van der Waals surface area (Å²) in [4.78, 5) is 0.348. The highest BCUT2D eigenvalue weighted by atomic mass is 79.9. The van der Waals surface area contributed by atoms with Crippen molar-refractivity contribution in [1.29, 1.82) is 0 Å². The van der Waals surface area contributed by atoms with E-state index in [2.05, 4.69) is 123 Å². The van der Waals surface area contributed by atoms with E-state index in [-0.39, 0.29) is 5.04 Å². The van der Waals surface area contributed by atoms with Gasteiger partial charge in [0.05, 0.1) is 16.8 Å².